The van der Waals surface area contributed by atoms with E-state index in [1.807, 2.05) is 0 Å². The summed E-state index contributed by atoms with van der Waals surface area (Å²) in [6, 6.07) is 5.99. The Morgan fingerprint density at radius 1 is 1.26 bits per heavy atom. The molecule has 0 heterocycles. The molecule has 0 aliphatic carbocycles. The number of aliphatic carboxylic acids is 1. The molecule has 0 aliphatic rings. The van der Waals surface area contributed by atoms with Crippen LogP contribution in [0.25, 0.3) is 0 Å². The molecule has 1 rings (SSSR count). The first kappa shape index (κ1) is 15.1. The van der Waals surface area contributed by atoms with E-state index in [9.17, 15) is 14.0 Å². The Kier molecular flexibility index (Phi) is 4.64. The van der Waals surface area contributed by atoms with Crippen LogP contribution >= 0.6 is 0 Å². The number of rotatable bonds is 4. The lowest BCUT2D eigenvalue weighted by atomic mass is 10.0. The van der Waals surface area contributed by atoms with Crippen LogP contribution in [0.4, 0.5) is 4.39 Å². The molecule has 0 unspecified atom stereocenters. The maximum atomic E-state index is 13.5. The van der Waals surface area contributed by atoms with Gasteiger partial charge in [0.2, 0.25) is 5.91 Å². The maximum Gasteiger partial charge on any atom is 0.323 e. The van der Waals surface area contributed by atoms with Gasteiger partial charge in [0.25, 0.3) is 0 Å². The summed E-state index contributed by atoms with van der Waals surface area (Å²) in [6.45, 7) is 4.84. The van der Waals surface area contributed by atoms with E-state index in [0.717, 1.165) is 0 Å². The molecule has 0 aromatic heterocycles. The number of benzene rings is 1. The molecule has 4 nitrogen and oxygen atoms in total. The van der Waals surface area contributed by atoms with Gasteiger partial charge >= 0.3 is 5.97 Å². The van der Waals surface area contributed by atoms with Crippen molar-refractivity contribution in [3.05, 3.63) is 35.6 Å². The van der Waals surface area contributed by atoms with Crippen molar-refractivity contribution in [2.75, 3.05) is 6.54 Å². The summed E-state index contributed by atoms with van der Waals surface area (Å²) in [4.78, 5) is 24.2. The van der Waals surface area contributed by atoms with Gasteiger partial charge in [0.1, 0.15) is 12.4 Å². The number of hydrogen-bond donors (Lipinski definition) is 1. The second kappa shape index (κ2) is 5.82. The first-order valence-corrected chi connectivity index (χ1v) is 5.97. The molecule has 0 atom stereocenters. The molecule has 0 bridgehead atoms. The van der Waals surface area contributed by atoms with E-state index >= 15 is 0 Å². The smallest absolute Gasteiger partial charge is 0.323 e. The number of carbonyl (C=O) groups excluding carboxylic acids is 1. The van der Waals surface area contributed by atoms with E-state index in [1.165, 1.54) is 17.0 Å². The first-order chi connectivity index (χ1) is 8.71. The fourth-order valence-corrected chi connectivity index (χ4v) is 1.73. The highest BCUT2D eigenvalue weighted by molar-refractivity contribution is 5.83. The van der Waals surface area contributed by atoms with Crippen molar-refractivity contribution in [3.8, 4) is 0 Å². The third kappa shape index (κ3) is 4.35. The Bertz CT molecular complexity index is 480. The van der Waals surface area contributed by atoms with Gasteiger partial charge in [-0.3, -0.25) is 9.59 Å². The van der Waals surface area contributed by atoms with Gasteiger partial charge in [-0.2, -0.15) is 0 Å². The van der Waals surface area contributed by atoms with Crippen LogP contribution in [0.1, 0.15) is 26.3 Å². The van der Waals surface area contributed by atoms with E-state index in [4.69, 9.17) is 5.11 Å². The molecule has 0 aliphatic heterocycles. The molecule has 0 saturated heterocycles. The lowest BCUT2D eigenvalue weighted by molar-refractivity contribution is -0.147. The fraction of sp³-hybridized carbons (Fsp3) is 0.429. The fourth-order valence-electron chi connectivity index (χ4n) is 1.73. The summed E-state index contributed by atoms with van der Waals surface area (Å²) >= 11 is 0. The molecule has 0 saturated carbocycles. The number of carboxylic acids is 1. The van der Waals surface area contributed by atoms with Crippen LogP contribution in [-0.4, -0.2) is 34.0 Å². The minimum atomic E-state index is -1.09. The predicted octanol–water partition coefficient (Wildman–Crippen LogP) is 2.08. The average molecular weight is 267 g/mol. The normalized spacial score (nSPS) is 11.2. The topological polar surface area (TPSA) is 57.6 Å². The third-order valence-corrected chi connectivity index (χ3v) is 2.70. The van der Waals surface area contributed by atoms with Gasteiger partial charge in [0.15, 0.2) is 0 Å². The van der Waals surface area contributed by atoms with Gasteiger partial charge in [-0.05, 0) is 32.4 Å². The Morgan fingerprint density at radius 3 is 2.32 bits per heavy atom. The van der Waals surface area contributed by atoms with Gasteiger partial charge in [-0.1, -0.05) is 18.2 Å². The van der Waals surface area contributed by atoms with Gasteiger partial charge in [-0.15, -0.1) is 0 Å². The number of hydrogen-bond acceptors (Lipinski definition) is 2. The summed E-state index contributed by atoms with van der Waals surface area (Å²) in [5.41, 5.74) is -0.354. The summed E-state index contributed by atoms with van der Waals surface area (Å²) in [5.74, 6) is -1.95. The Labute approximate surface area is 111 Å². The van der Waals surface area contributed by atoms with Gasteiger partial charge in [0.05, 0.1) is 6.42 Å². The first-order valence-electron chi connectivity index (χ1n) is 5.97. The standard InChI is InChI=1S/C14H18FNO3/c1-14(2,3)16(9-13(18)19)12(17)8-10-6-4-5-7-11(10)15/h4-7H,8-9H2,1-3H3,(H,18,19). The van der Waals surface area contributed by atoms with Crippen LogP contribution in [0.3, 0.4) is 0 Å². The van der Waals surface area contributed by atoms with Gasteiger partial charge < -0.3 is 10.0 Å². The molecular weight excluding hydrogens is 249 g/mol. The number of amides is 1. The summed E-state index contributed by atoms with van der Waals surface area (Å²) in [7, 11) is 0. The molecule has 1 N–H and O–H groups in total. The summed E-state index contributed by atoms with van der Waals surface area (Å²) in [6.07, 6.45) is -0.142. The zero-order chi connectivity index (χ0) is 14.6. The molecule has 104 valence electrons. The molecular formula is C14H18FNO3. The lowest BCUT2D eigenvalue weighted by Gasteiger charge is -2.34. The van der Waals surface area contributed by atoms with Crippen LogP contribution in [0, 0.1) is 5.82 Å². The van der Waals surface area contributed by atoms with Crippen LogP contribution in [-0.2, 0) is 16.0 Å². The van der Waals surface area contributed by atoms with Crippen molar-refractivity contribution in [3.63, 3.8) is 0 Å². The zero-order valence-electron chi connectivity index (χ0n) is 11.3. The van der Waals surface area contributed by atoms with E-state index in [0.29, 0.717) is 0 Å². The quantitative estimate of drug-likeness (QED) is 0.908. The Morgan fingerprint density at radius 2 is 1.84 bits per heavy atom. The third-order valence-electron chi connectivity index (χ3n) is 2.70. The van der Waals surface area contributed by atoms with E-state index in [2.05, 4.69) is 0 Å². The molecule has 1 amide bonds. The van der Waals surface area contributed by atoms with Crippen molar-refractivity contribution in [1.82, 2.24) is 4.90 Å². The van der Waals surface area contributed by atoms with Crippen LogP contribution in [0.15, 0.2) is 24.3 Å². The highest BCUT2D eigenvalue weighted by Crippen LogP contribution is 2.16. The van der Waals surface area contributed by atoms with E-state index in [-0.39, 0.29) is 12.0 Å². The zero-order valence-corrected chi connectivity index (χ0v) is 11.3. The van der Waals surface area contributed by atoms with Crippen molar-refractivity contribution in [2.45, 2.75) is 32.7 Å². The minimum Gasteiger partial charge on any atom is -0.480 e. The summed E-state index contributed by atoms with van der Waals surface area (Å²) in [5, 5.41) is 8.85. The number of nitrogens with zero attached hydrogens (tertiary/aromatic N) is 1. The second-order valence-electron chi connectivity index (χ2n) is 5.31. The highest BCUT2D eigenvalue weighted by Gasteiger charge is 2.28. The van der Waals surface area contributed by atoms with Crippen molar-refractivity contribution < 1.29 is 19.1 Å². The Balaban J connectivity index is 2.89. The van der Waals surface area contributed by atoms with Crippen LogP contribution in [0.2, 0.25) is 0 Å². The van der Waals surface area contributed by atoms with Gasteiger partial charge in [0, 0.05) is 5.54 Å². The molecule has 19 heavy (non-hydrogen) atoms. The molecule has 0 fully saturated rings. The van der Waals surface area contributed by atoms with Gasteiger partial charge in [-0.25, -0.2) is 4.39 Å². The lowest BCUT2D eigenvalue weighted by Crippen LogP contribution is -2.48. The molecule has 0 spiro atoms. The molecule has 5 heteroatoms. The Hall–Kier alpha value is -1.91. The summed E-state index contributed by atoms with van der Waals surface area (Å²) < 4.78 is 13.5. The number of carboxylic acid groups (broad SMARTS) is 1. The highest BCUT2D eigenvalue weighted by atomic mass is 19.1. The van der Waals surface area contributed by atoms with E-state index < -0.39 is 29.8 Å². The maximum absolute atomic E-state index is 13.5. The molecule has 1 aromatic carbocycles. The predicted molar refractivity (Wildman–Crippen MR) is 69.2 cm³/mol. The van der Waals surface area contributed by atoms with E-state index in [1.54, 1.807) is 32.9 Å². The minimum absolute atomic E-state index is 0.142. The van der Waals surface area contributed by atoms with Crippen molar-refractivity contribution in [2.24, 2.45) is 0 Å². The largest absolute Gasteiger partial charge is 0.480 e. The number of halogens is 1. The van der Waals surface area contributed by atoms with Crippen molar-refractivity contribution in [1.29, 1.82) is 0 Å². The second-order valence-corrected chi connectivity index (χ2v) is 5.31. The SMILES string of the molecule is CC(C)(C)N(CC(=O)O)C(=O)Cc1ccccc1F. The number of carbonyl (C=O) groups is 2. The monoisotopic (exact) mass is 267 g/mol. The average Bonchev–Trinajstić information content (AvgIpc) is 2.27. The van der Waals surface area contributed by atoms with Crippen molar-refractivity contribution >= 4 is 11.9 Å². The molecule has 0 radical (unpaired) electrons. The van der Waals surface area contributed by atoms with Crippen LogP contribution < -0.4 is 0 Å². The van der Waals surface area contributed by atoms with Crippen LogP contribution in [0.5, 0.6) is 0 Å². The molecule has 1 aromatic rings.